The monoisotopic (exact) mass is 193 g/mol. The zero-order valence-electron chi connectivity index (χ0n) is 8.74. The predicted octanol–water partition coefficient (Wildman–Crippen LogP) is 1.76. The average molecular weight is 193 g/mol. The highest BCUT2D eigenvalue weighted by Crippen LogP contribution is 2.17. The minimum Gasteiger partial charge on any atom is -0.395 e. The van der Waals surface area contributed by atoms with Gasteiger partial charge in [-0.1, -0.05) is 37.3 Å². The first-order valence-electron chi connectivity index (χ1n) is 5.25. The van der Waals surface area contributed by atoms with Gasteiger partial charge in [0.2, 0.25) is 0 Å². The molecule has 2 heteroatoms. The molecule has 2 nitrogen and oxygen atoms in total. The Labute approximate surface area is 86.0 Å². The van der Waals surface area contributed by atoms with E-state index in [1.807, 2.05) is 6.07 Å². The fourth-order valence-electron chi connectivity index (χ4n) is 1.58. The van der Waals surface area contributed by atoms with Gasteiger partial charge in [0, 0.05) is 13.1 Å². The minimum absolute atomic E-state index is 0.214. The molecule has 1 rings (SSSR count). The number of aliphatic hydroxyl groups is 1. The lowest BCUT2D eigenvalue weighted by molar-refractivity contribution is 0.290. The standard InChI is InChI=1S/C12H19NO/c1-2-11(10-13-8-9-14)12-6-4-3-5-7-12/h3-7,11,13-14H,2,8-10H2,1H3. The van der Waals surface area contributed by atoms with Crippen molar-refractivity contribution < 1.29 is 5.11 Å². The van der Waals surface area contributed by atoms with E-state index >= 15 is 0 Å². The van der Waals surface area contributed by atoms with Gasteiger partial charge in [0.1, 0.15) is 0 Å². The summed E-state index contributed by atoms with van der Waals surface area (Å²) in [5, 5.41) is 11.9. The predicted molar refractivity (Wildman–Crippen MR) is 59.4 cm³/mol. The summed E-state index contributed by atoms with van der Waals surface area (Å²) in [4.78, 5) is 0. The van der Waals surface area contributed by atoms with Crippen molar-refractivity contribution in [2.75, 3.05) is 19.7 Å². The van der Waals surface area contributed by atoms with Gasteiger partial charge in [0.05, 0.1) is 6.61 Å². The van der Waals surface area contributed by atoms with Gasteiger partial charge in [0.25, 0.3) is 0 Å². The summed E-state index contributed by atoms with van der Waals surface area (Å²) in [6, 6.07) is 10.5. The van der Waals surface area contributed by atoms with Crippen LogP contribution in [0.2, 0.25) is 0 Å². The van der Waals surface area contributed by atoms with Crippen LogP contribution >= 0.6 is 0 Å². The topological polar surface area (TPSA) is 32.3 Å². The summed E-state index contributed by atoms with van der Waals surface area (Å²) >= 11 is 0. The number of hydrogen-bond acceptors (Lipinski definition) is 2. The summed E-state index contributed by atoms with van der Waals surface area (Å²) in [6.07, 6.45) is 1.13. The number of aliphatic hydroxyl groups excluding tert-OH is 1. The largest absolute Gasteiger partial charge is 0.395 e. The van der Waals surface area contributed by atoms with E-state index in [2.05, 4.69) is 36.5 Å². The van der Waals surface area contributed by atoms with Gasteiger partial charge >= 0.3 is 0 Å². The highest BCUT2D eigenvalue weighted by atomic mass is 16.3. The highest BCUT2D eigenvalue weighted by Gasteiger charge is 2.07. The SMILES string of the molecule is CCC(CNCCO)c1ccccc1. The van der Waals surface area contributed by atoms with Crippen LogP contribution in [0.15, 0.2) is 30.3 Å². The van der Waals surface area contributed by atoms with Crippen molar-refractivity contribution in [3.8, 4) is 0 Å². The smallest absolute Gasteiger partial charge is 0.0555 e. The molecule has 0 bridgehead atoms. The lowest BCUT2D eigenvalue weighted by Gasteiger charge is -2.15. The molecule has 0 aliphatic heterocycles. The Bertz CT molecular complexity index is 235. The van der Waals surface area contributed by atoms with Crippen LogP contribution in [0.1, 0.15) is 24.8 Å². The second-order valence-corrected chi connectivity index (χ2v) is 3.44. The number of hydrogen-bond donors (Lipinski definition) is 2. The molecule has 0 saturated carbocycles. The Morgan fingerprint density at radius 2 is 2.00 bits per heavy atom. The van der Waals surface area contributed by atoms with Gasteiger partial charge in [-0.2, -0.15) is 0 Å². The maximum atomic E-state index is 8.66. The second kappa shape index (κ2) is 6.57. The number of rotatable bonds is 6. The van der Waals surface area contributed by atoms with E-state index < -0.39 is 0 Å². The van der Waals surface area contributed by atoms with Crippen molar-refractivity contribution in [2.45, 2.75) is 19.3 Å². The van der Waals surface area contributed by atoms with Crippen LogP contribution in [0.4, 0.5) is 0 Å². The highest BCUT2D eigenvalue weighted by molar-refractivity contribution is 5.19. The fourth-order valence-corrected chi connectivity index (χ4v) is 1.58. The van der Waals surface area contributed by atoms with E-state index in [9.17, 15) is 0 Å². The van der Waals surface area contributed by atoms with Gasteiger partial charge in [-0.15, -0.1) is 0 Å². The molecular formula is C12H19NO. The zero-order chi connectivity index (χ0) is 10.2. The fraction of sp³-hybridized carbons (Fsp3) is 0.500. The molecule has 0 radical (unpaired) electrons. The maximum Gasteiger partial charge on any atom is 0.0555 e. The van der Waals surface area contributed by atoms with E-state index in [0.717, 1.165) is 13.0 Å². The van der Waals surface area contributed by atoms with Crippen molar-refractivity contribution in [1.29, 1.82) is 0 Å². The van der Waals surface area contributed by atoms with Gasteiger partial charge in [-0.25, -0.2) is 0 Å². The molecule has 1 aromatic rings. The van der Waals surface area contributed by atoms with Crippen LogP contribution in [-0.4, -0.2) is 24.8 Å². The summed E-state index contributed by atoms with van der Waals surface area (Å²) in [5.41, 5.74) is 1.38. The third kappa shape index (κ3) is 3.48. The molecule has 0 aliphatic rings. The molecule has 1 atom stereocenters. The van der Waals surface area contributed by atoms with E-state index in [-0.39, 0.29) is 6.61 Å². The van der Waals surface area contributed by atoms with E-state index in [0.29, 0.717) is 12.5 Å². The molecular weight excluding hydrogens is 174 g/mol. The van der Waals surface area contributed by atoms with E-state index in [4.69, 9.17) is 5.11 Å². The Morgan fingerprint density at radius 1 is 1.29 bits per heavy atom. The first-order valence-corrected chi connectivity index (χ1v) is 5.25. The summed E-state index contributed by atoms with van der Waals surface area (Å²) in [7, 11) is 0. The van der Waals surface area contributed by atoms with Gasteiger partial charge in [0.15, 0.2) is 0 Å². The van der Waals surface area contributed by atoms with Crippen molar-refractivity contribution in [3.05, 3.63) is 35.9 Å². The Kier molecular flexibility index (Phi) is 5.27. The summed E-state index contributed by atoms with van der Waals surface area (Å²) in [5.74, 6) is 0.558. The molecule has 1 unspecified atom stereocenters. The molecule has 0 spiro atoms. The first kappa shape index (κ1) is 11.2. The third-order valence-electron chi connectivity index (χ3n) is 2.44. The molecule has 14 heavy (non-hydrogen) atoms. The maximum absolute atomic E-state index is 8.66. The lowest BCUT2D eigenvalue weighted by atomic mass is 9.96. The van der Waals surface area contributed by atoms with Crippen molar-refractivity contribution in [1.82, 2.24) is 5.32 Å². The van der Waals surface area contributed by atoms with Crippen molar-refractivity contribution in [3.63, 3.8) is 0 Å². The van der Waals surface area contributed by atoms with Crippen LogP contribution in [0.5, 0.6) is 0 Å². The molecule has 2 N–H and O–H groups in total. The molecule has 0 saturated heterocycles. The molecule has 0 heterocycles. The van der Waals surface area contributed by atoms with Crippen LogP contribution < -0.4 is 5.32 Å². The molecule has 0 aromatic heterocycles. The Balaban J connectivity index is 2.46. The van der Waals surface area contributed by atoms with Crippen LogP contribution in [0.25, 0.3) is 0 Å². The van der Waals surface area contributed by atoms with Crippen LogP contribution in [0.3, 0.4) is 0 Å². The van der Waals surface area contributed by atoms with Gasteiger partial charge in [-0.3, -0.25) is 0 Å². The van der Waals surface area contributed by atoms with Crippen LogP contribution in [-0.2, 0) is 0 Å². The Morgan fingerprint density at radius 3 is 2.57 bits per heavy atom. The molecule has 78 valence electrons. The van der Waals surface area contributed by atoms with Crippen LogP contribution in [0, 0.1) is 0 Å². The lowest BCUT2D eigenvalue weighted by Crippen LogP contribution is -2.24. The van der Waals surface area contributed by atoms with Gasteiger partial charge < -0.3 is 10.4 Å². The number of benzene rings is 1. The summed E-state index contributed by atoms with van der Waals surface area (Å²) < 4.78 is 0. The normalized spacial score (nSPS) is 12.7. The first-order chi connectivity index (χ1) is 6.88. The molecule has 0 amide bonds. The number of nitrogens with one attached hydrogen (secondary N) is 1. The minimum atomic E-state index is 0.214. The molecule has 0 fully saturated rings. The van der Waals surface area contributed by atoms with Crippen molar-refractivity contribution >= 4 is 0 Å². The van der Waals surface area contributed by atoms with Crippen molar-refractivity contribution in [2.24, 2.45) is 0 Å². The average Bonchev–Trinajstić information content (AvgIpc) is 2.26. The van der Waals surface area contributed by atoms with E-state index in [1.54, 1.807) is 0 Å². The molecule has 0 aliphatic carbocycles. The second-order valence-electron chi connectivity index (χ2n) is 3.44. The zero-order valence-corrected chi connectivity index (χ0v) is 8.74. The summed E-state index contributed by atoms with van der Waals surface area (Å²) in [6.45, 7) is 4.04. The molecule has 1 aromatic carbocycles. The Hall–Kier alpha value is -0.860. The quantitative estimate of drug-likeness (QED) is 0.675. The van der Waals surface area contributed by atoms with E-state index in [1.165, 1.54) is 5.56 Å². The third-order valence-corrected chi connectivity index (χ3v) is 2.44. The van der Waals surface area contributed by atoms with Gasteiger partial charge in [-0.05, 0) is 17.9 Å².